The molecule has 1 aromatic carbocycles. The number of likely N-dealkylation sites (N-methyl/N-ethyl adjacent to an activating group) is 1. The fourth-order valence-electron chi connectivity index (χ4n) is 2.01. The number of hydrogen-bond acceptors (Lipinski definition) is 2. The maximum Gasteiger partial charge on any atom is 0.227 e. The number of carbonyl (C=O) groups is 1. The highest BCUT2D eigenvalue weighted by Gasteiger charge is 2.27. The lowest BCUT2D eigenvalue weighted by Crippen LogP contribution is -2.43. The number of nitrogens with two attached hydrogens (primary N) is 1. The summed E-state index contributed by atoms with van der Waals surface area (Å²) in [6.45, 7) is 9.01. The second kappa shape index (κ2) is 6.20. The van der Waals surface area contributed by atoms with Gasteiger partial charge in [0.1, 0.15) is 0 Å². The van der Waals surface area contributed by atoms with E-state index in [9.17, 15) is 4.79 Å². The van der Waals surface area contributed by atoms with Gasteiger partial charge in [-0.3, -0.25) is 4.79 Å². The smallest absolute Gasteiger partial charge is 0.227 e. The molecule has 0 aliphatic heterocycles. The van der Waals surface area contributed by atoms with Crippen LogP contribution in [0.2, 0.25) is 0 Å². The van der Waals surface area contributed by atoms with Gasteiger partial charge in [-0.1, -0.05) is 45.0 Å². The standard InChI is InChI=1S/C16H26N2O/c1-12(16(2,3)4)18(5)15(19)10-13-8-6-7-9-14(13)11-17/h6-9,12H,10-11,17H2,1-5H3. The second-order valence-corrected chi connectivity index (χ2v) is 6.20. The zero-order valence-corrected chi connectivity index (χ0v) is 12.7. The van der Waals surface area contributed by atoms with Crippen LogP contribution < -0.4 is 5.73 Å². The first kappa shape index (κ1) is 15.7. The molecule has 3 nitrogen and oxygen atoms in total. The summed E-state index contributed by atoms with van der Waals surface area (Å²) in [6, 6.07) is 8.07. The van der Waals surface area contributed by atoms with Gasteiger partial charge in [0.05, 0.1) is 6.42 Å². The third-order valence-electron chi connectivity index (χ3n) is 3.91. The number of rotatable bonds is 4. The largest absolute Gasteiger partial charge is 0.342 e. The van der Waals surface area contributed by atoms with Crippen molar-refractivity contribution in [3.63, 3.8) is 0 Å². The van der Waals surface area contributed by atoms with Crippen LogP contribution in [0.1, 0.15) is 38.8 Å². The minimum atomic E-state index is 0.0811. The van der Waals surface area contributed by atoms with Crippen LogP contribution in [0.3, 0.4) is 0 Å². The van der Waals surface area contributed by atoms with Crippen LogP contribution in [0.25, 0.3) is 0 Å². The van der Waals surface area contributed by atoms with Crippen molar-refractivity contribution in [2.75, 3.05) is 7.05 Å². The molecule has 0 heterocycles. The Labute approximate surface area is 116 Å². The highest BCUT2D eigenvalue weighted by atomic mass is 16.2. The van der Waals surface area contributed by atoms with Gasteiger partial charge in [0.15, 0.2) is 0 Å². The van der Waals surface area contributed by atoms with E-state index in [1.807, 2.05) is 36.2 Å². The Kier molecular flexibility index (Phi) is 5.12. The molecule has 0 aliphatic carbocycles. The Morgan fingerprint density at radius 3 is 2.26 bits per heavy atom. The maximum absolute atomic E-state index is 12.4. The lowest BCUT2D eigenvalue weighted by atomic mass is 9.87. The number of amides is 1. The summed E-state index contributed by atoms with van der Waals surface area (Å²) in [5.41, 5.74) is 7.87. The van der Waals surface area contributed by atoms with Crippen molar-refractivity contribution >= 4 is 5.91 Å². The first-order chi connectivity index (χ1) is 8.77. The van der Waals surface area contributed by atoms with E-state index >= 15 is 0 Å². The molecule has 1 atom stereocenters. The number of hydrogen-bond donors (Lipinski definition) is 1. The first-order valence-electron chi connectivity index (χ1n) is 6.80. The summed E-state index contributed by atoms with van der Waals surface area (Å²) >= 11 is 0. The lowest BCUT2D eigenvalue weighted by molar-refractivity contribution is -0.132. The average molecular weight is 262 g/mol. The number of carbonyl (C=O) groups excluding carboxylic acids is 1. The van der Waals surface area contributed by atoms with Crippen LogP contribution in [0.15, 0.2) is 24.3 Å². The molecule has 0 radical (unpaired) electrons. The fraction of sp³-hybridized carbons (Fsp3) is 0.562. The second-order valence-electron chi connectivity index (χ2n) is 6.20. The minimum Gasteiger partial charge on any atom is -0.342 e. The van der Waals surface area contributed by atoms with E-state index in [-0.39, 0.29) is 17.4 Å². The molecule has 0 fully saturated rings. The molecule has 1 rings (SSSR count). The Morgan fingerprint density at radius 1 is 1.26 bits per heavy atom. The summed E-state index contributed by atoms with van der Waals surface area (Å²) in [5, 5.41) is 0. The van der Waals surface area contributed by atoms with Crippen LogP contribution in [-0.2, 0) is 17.8 Å². The molecule has 1 unspecified atom stereocenters. The number of nitrogens with zero attached hydrogens (tertiary/aromatic N) is 1. The van der Waals surface area contributed by atoms with Crippen LogP contribution in [0.5, 0.6) is 0 Å². The molecular weight excluding hydrogens is 236 g/mol. The average Bonchev–Trinajstić information content (AvgIpc) is 2.36. The number of benzene rings is 1. The molecule has 2 N–H and O–H groups in total. The Hall–Kier alpha value is -1.35. The molecule has 106 valence electrons. The third-order valence-corrected chi connectivity index (χ3v) is 3.91. The van der Waals surface area contributed by atoms with Crippen molar-refractivity contribution in [2.45, 2.75) is 46.7 Å². The molecule has 0 saturated carbocycles. The van der Waals surface area contributed by atoms with Crippen molar-refractivity contribution < 1.29 is 4.79 Å². The minimum absolute atomic E-state index is 0.0811. The molecular formula is C16H26N2O. The fourth-order valence-corrected chi connectivity index (χ4v) is 2.01. The van der Waals surface area contributed by atoms with Gasteiger partial charge in [0.2, 0.25) is 5.91 Å². The molecule has 1 aromatic rings. The summed E-state index contributed by atoms with van der Waals surface area (Å²) in [5.74, 6) is 0.142. The molecule has 0 aliphatic rings. The van der Waals surface area contributed by atoms with Gasteiger partial charge in [-0.05, 0) is 23.5 Å². The predicted molar refractivity (Wildman–Crippen MR) is 79.7 cm³/mol. The SMILES string of the molecule is CC(N(C)C(=O)Cc1ccccc1CN)C(C)(C)C. The van der Waals surface area contributed by atoms with E-state index in [2.05, 4.69) is 27.7 Å². The molecule has 0 aromatic heterocycles. The molecule has 0 spiro atoms. The molecule has 0 saturated heterocycles. The summed E-state index contributed by atoms with van der Waals surface area (Å²) in [7, 11) is 1.88. The quantitative estimate of drug-likeness (QED) is 0.906. The van der Waals surface area contributed by atoms with Crippen molar-refractivity contribution in [3.05, 3.63) is 35.4 Å². The third kappa shape index (κ3) is 4.06. The van der Waals surface area contributed by atoms with Gasteiger partial charge >= 0.3 is 0 Å². The van der Waals surface area contributed by atoms with Gasteiger partial charge in [0.25, 0.3) is 0 Å². The van der Waals surface area contributed by atoms with Gasteiger partial charge in [-0.2, -0.15) is 0 Å². The normalized spacial score (nSPS) is 13.2. The van der Waals surface area contributed by atoms with Crippen LogP contribution in [-0.4, -0.2) is 23.9 Å². The monoisotopic (exact) mass is 262 g/mol. The zero-order chi connectivity index (χ0) is 14.6. The molecule has 1 amide bonds. The Bertz CT molecular complexity index is 435. The molecule has 3 heteroatoms. The van der Waals surface area contributed by atoms with E-state index in [0.717, 1.165) is 11.1 Å². The van der Waals surface area contributed by atoms with E-state index in [1.165, 1.54) is 0 Å². The van der Waals surface area contributed by atoms with Crippen molar-refractivity contribution in [2.24, 2.45) is 11.1 Å². The van der Waals surface area contributed by atoms with Crippen molar-refractivity contribution in [3.8, 4) is 0 Å². The highest BCUT2D eigenvalue weighted by Crippen LogP contribution is 2.23. The van der Waals surface area contributed by atoms with Crippen molar-refractivity contribution in [1.82, 2.24) is 4.90 Å². The Morgan fingerprint density at radius 2 is 1.79 bits per heavy atom. The van der Waals surface area contributed by atoms with E-state index < -0.39 is 0 Å². The van der Waals surface area contributed by atoms with E-state index in [0.29, 0.717) is 13.0 Å². The first-order valence-corrected chi connectivity index (χ1v) is 6.80. The Balaban J connectivity index is 2.80. The lowest BCUT2D eigenvalue weighted by Gasteiger charge is -2.35. The van der Waals surface area contributed by atoms with Gasteiger partial charge in [-0.25, -0.2) is 0 Å². The maximum atomic E-state index is 12.4. The van der Waals surface area contributed by atoms with Crippen LogP contribution >= 0.6 is 0 Å². The zero-order valence-electron chi connectivity index (χ0n) is 12.7. The van der Waals surface area contributed by atoms with Crippen LogP contribution in [0.4, 0.5) is 0 Å². The summed E-state index contributed by atoms with van der Waals surface area (Å²) in [6.07, 6.45) is 0.421. The predicted octanol–water partition coefficient (Wildman–Crippen LogP) is 2.58. The highest BCUT2D eigenvalue weighted by molar-refractivity contribution is 5.79. The van der Waals surface area contributed by atoms with Crippen molar-refractivity contribution in [1.29, 1.82) is 0 Å². The summed E-state index contributed by atoms with van der Waals surface area (Å²) < 4.78 is 0. The van der Waals surface area contributed by atoms with Gasteiger partial charge in [0, 0.05) is 19.6 Å². The van der Waals surface area contributed by atoms with Gasteiger partial charge < -0.3 is 10.6 Å². The topological polar surface area (TPSA) is 46.3 Å². The van der Waals surface area contributed by atoms with E-state index in [1.54, 1.807) is 0 Å². The van der Waals surface area contributed by atoms with Gasteiger partial charge in [-0.15, -0.1) is 0 Å². The molecule has 0 bridgehead atoms. The molecule has 19 heavy (non-hydrogen) atoms. The van der Waals surface area contributed by atoms with Crippen LogP contribution in [0, 0.1) is 5.41 Å². The summed E-state index contributed by atoms with van der Waals surface area (Å²) in [4.78, 5) is 14.2. The van der Waals surface area contributed by atoms with E-state index in [4.69, 9.17) is 5.73 Å².